The standard InChI is InChI=1S/C14H15N3O3/c1-8-6-9(15)7-16-13(8)17-14(19)10-4-3-5-11(20-2)12(10)18/h3-7,18H,15H2,1-2H3,(H,16,17,19). The molecule has 0 fully saturated rings. The number of aryl methyl sites for hydroxylation is 1. The highest BCUT2D eigenvalue weighted by molar-refractivity contribution is 6.06. The van der Waals surface area contributed by atoms with E-state index in [2.05, 4.69) is 10.3 Å². The van der Waals surface area contributed by atoms with Crippen LogP contribution in [-0.2, 0) is 0 Å². The molecule has 1 heterocycles. The van der Waals surface area contributed by atoms with Crippen molar-refractivity contribution < 1.29 is 14.6 Å². The minimum atomic E-state index is -0.471. The molecule has 4 N–H and O–H groups in total. The van der Waals surface area contributed by atoms with Crippen LogP contribution in [0.25, 0.3) is 0 Å². The molecule has 1 aromatic carbocycles. The third-order valence-electron chi connectivity index (χ3n) is 2.79. The summed E-state index contributed by atoms with van der Waals surface area (Å²) in [6.07, 6.45) is 1.45. The van der Waals surface area contributed by atoms with Gasteiger partial charge in [0.2, 0.25) is 0 Å². The van der Waals surface area contributed by atoms with Crippen molar-refractivity contribution in [2.24, 2.45) is 0 Å². The number of phenols is 1. The molecular formula is C14H15N3O3. The summed E-state index contributed by atoms with van der Waals surface area (Å²) in [5, 5.41) is 12.5. The summed E-state index contributed by atoms with van der Waals surface area (Å²) in [4.78, 5) is 16.2. The van der Waals surface area contributed by atoms with Gasteiger partial charge in [-0.3, -0.25) is 4.79 Å². The Labute approximate surface area is 116 Å². The van der Waals surface area contributed by atoms with Crippen LogP contribution < -0.4 is 15.8 Å². The topological polar surface area (TPSA) is 97.5 Å². The number of hydrogen-bond donors (Lipinski definition) is 3. The highest BCUT2D eigenvalue weighted by Gasteiger charge is 2.16. The Morgan fingerprint density at radius 1 is 1.45 bits per heavy atom. The zero-order chi connectivity index (χ0) is 14.7. The van der Waals surface area contributed by atoms with Gasteiger partial charge in [0.25, 0.3) is 5.91 Å². The van der Waals surface area contributed by atoms with Crippen molar-refractivity contribution >= 4 is 17.4 Å². The smallest absolute Gasteiger partial charge is 0.260 e. The van der Waals surface area contributed by atoms with Gasteiger partial charge in [0, 0.05) is 0 Å². The van der Waals surface area contributed by atoms with Crippen molar-refractivity contribution in [1.82, 2.24) is 4.98 Å². The van der Waals surface area contributed by atoms with Gasteiger partial charge in [-0.2, -0.15) is 0 Å². The lowest BCUT2D eigenvalue weighted by atomic mass is 10.1. The van der Waals surface area contributed by atoms with Crippen LogP contribution in [0.3, 0.4) is 0 Å². The number of benzene rings is 1. The second kappa shape index (κ2) is 5.48. The lowest BCUT2D eigenvalue weighted by Gasteiger charge is -2.10. The first-order valence-corrected chi connectivity index (χ1v) is 5.92. The van der Waals surface area contributed by atoms with E-state index >= 15 is 0 Å². The highest BCUT2D eigenvalue weighted by Crippen LogP contribution is 2.29. The summed E-state index contributed by atoms with van der Waals surface area (Å²) in [5.74, 6) is -0.0478. The number of hydrogen-bond acceptors (Lipinski definition) is 5. The van der Waals surface area contributed by atoms with Crippen LogP contribution in [0.1, 0.15) is 15.9 Å². The number of aromatic hydroxyl groups is 1. The molecule has 6 heteroatoms. The van der Waals surface area contributed by atoms with Crippen molar-refractivity contribution in [3.05, 3.63) is 41.6 Å². The Kier molecular flexibility index (Phi) is 3.74. The lowest BCUT2D eigenvalue weighted by molar-refractivity contribution is 0.102. The molecule has 0 atom stereocenters. The zero-order valence-electron chi connectivity index (χ0n) is 11.2. The molecule has 0 spiro atoms. The molecule has 1 amide bonds. The number of aromatic nitrogens is 1. The van der Waals surface area contributed by atoms with E-state index in [-0.39, 0.29) is 17.1 Å². The number of methoxy groups -OCH3 is 1. The van der Waals surface area contributed by atoms with E-state index in [1.807, 2.05) is 0 Å². The van der Waals surface area contributed by atoms with Gasteiger partial charge in [-0.25, -0.2) is 4.98 Å². The molecule has 0 aliphatic carbocycles. The van der Waals surface area contributed by atoms with E-state index < -0.39 is 5.91 Å². The van der Waals surface area contributed by atoms with Crippen LogP contribution in [0.5, 0.6) is 11.5 Å². The van der Waals surface area contributed by atoms with Gasteiger partial charge in [0.15, 0.2) is 11.5 Å². The number of amides is 1. The third-order valence-corrected chi connectivity index (χ3v) is 2.79. The molecule has 104 valence electrons. The van der Waals surface area contributed by atoms with Crippen LogP contribution in [0.2, 0.25) is 0 Å². The van der Waals surface area contributed by atoms with Gasteiger partial charge < -0.3 is 20.9 Å². The molecular weight excluding hydrogens is 258 g/mol. The van der Waals surface area contributed by atoms with E-state index in [4.69, 9.17) is 10.5 Å². The van der Waals surface area contributed by atoms with Crippen molar-refractivity contribution in [2.75, 3.05) is 18.2 Å². The molecule has 0 unspecified atom stereocenters. The van der Waals surface area contributed by atoms with Crippen LogP contribution >= 0.6 is 0 Å². The Hall–Kier alpha value is -2.76. The van der Waals surface area contributed by atoms with E-state index in [1.165, 1.54) is 19.4 Å². The van der Waals surface area contributed by atoms with E-state index in [0.29, 0.717) is 11.5 Å². The first-order valence-electron chi connectivity index (χ1n) is 5.92. The van der Waals surface area contributed by atoms with Gasteiger partial charge >= 0.3 is 0 Å². The fourth-order valence-corrected chi connectivity index (χ4v) is 1.77. The Balaban J connectivity index is 2.28. The second-order valence-corrected chi connectivity index (χ2v) is 4.24. The second-order valence-electron chi connectivity index (χ2n) is 4.24. The maximum absolute atomic E-state index is 12.1. The highest BCUT2D eigenvalue weighted by atomic mass is 16.5. The van der Waals surface area contributed by atoms with Gasteiger partial charge in [-0.15, -0.1) is 0 Å². The first-order chi connectivity index (χ1) is 9.52. The minimum Gasteiger partial charge on any atom is -0.504 e. The summed E-state index contributed by atoms with van der Waals surface area (Å²) in [6.45, 7) is 1.78. The van der Waals surface area contributed by atoms with E-state index in [9.17, 15) is 9.90 Å². The number of pyridine rings is 1. The van der Waals surface area contributed by atoms with Crippen LogP contribution in [0.4, 0.5) is 11.5 Å². The minimum absolute atomic E-state index is 0.113. The molecule has 20 heavy (non-hydrogen) atoms. The monoisotopic (exact) mass is 273 g/mol. The number of nitrogens with two attached hydrogens (primary N) is 1. The number of nitrogens with zero attached hydrogens (tertiary/aromatic N) is 1. The summed E-state index contributed by atoms with van der Waals surface area (Å²) in [6, 6.07) is 6.39. The number of nitrogens with one attached hydrogen (secondary N) is 1. The van der Waals surface area contributed by atoms with Gasteiger partial charge in [-0.1, -0.05) is 6.07 Å². The predicted molar refractivity (Wildman–Crippen MR) is 76.0 cm³/mol. The number of para-hydroxylation sites is 1. The number of carbonyl (C=O) groups is 1. The zero-order valence-corrected chi connectivity index (χ0v) is 11.2. The summed E-state index contributed by atoms with van der Waals surface area (Å²) < 4.78 is 4.96. The van der Waals surface area contributed by atoms with Crippen LogP contribution in [-0.4, -0.2) is 23.1 Å². The van der Waals surface area contributed by atoms with Crippen LogP contribution in [0.15, 0.2) is 30.5 Å². The van der Waals surface area contributed by atoms with Crippen LogP contribution in [0, 0.1) is 6.92 Å². The van der Waals surface area contributed by atoms with Crippen molar-refractivity contribution in [3.8, 4) is 11.5 Å². The lowest BCUT2D eigenvalue weighted by Crippen LogP contribution is -2.14. The Morgan fingerprint density at radius 2 is 2.20 bits per heavy atom. The quantitative estimate of drug-likeness (QED) is 0.794. The fourth-order valence-electron chi connectivity index (χ4n) is 1.77. The fraction of sp³-hybridized carbons (Fsp3) is 0.143. The first kappa shape index (κ1) is 13.7. The van der Waals surface area contributed by atoms with Crippen molar-refractivity contribution in [1.29, 1.82) is 0 Å². The number of anilines is 2. The van der Waals surface area contributed by atoms with Gasteiger partial charge in [-0.05, 0) is 30.7 Å². The normalized spacial score (nSPS) is 10.1. The Bertz CT molecular complexity index is 656. The molecule has 0 radical (unpaired) electrons. The number of rotatable bonds is 3. The molecule has 0 aliphatic rings. The SMILES string of the molecule is COc1cccc(C(=O)Nc2ncc(N)cc2C)c1O. The average Bonchev–Trinajstić information content (AvgIpc) is 2.42. The summed E-state index contributed by atoms with van der Waals surface area (Å²) >= 11 is 0. The summed E-state index contributed by atoms with van der Waals surface area (Å²) in [7, 11) is 1.42. The largest absolute Gasteiger partial charge is 0.504 e. The number of nitrogen functional groups attached to an aromatic ring is 1. The van der Waals surface area contributed by atoms with E-state index in [1.54, 1.807) is 25.1 Å². The maximum atomic E-state index is 12.1. The number of carbonyl (C=O) groups excluding carboxylic acids is 1. The van der Waals surface area contributed by atoms with Crippen molar-refractivity contribution in [3.63, 3.8) is 0 Å². The molecule has 2 aromatic rings. The molecule has 2 rings (SSSR count). The molecule has 0 saturated carbocycles. The predicted octanol–water partition coefficient (Wildman–Crippen LogP) is 1.94. The molecule has 0 saturated heterocycles. The molecule has 6 nitrogen and oxygen atoms in total. The number of ether oxygens (including phenoxy) is 1. The molecule has 1 aromatic heterocycles. The third kappa shape index (κ3) is 2.64. The van der Waals surface area contributed by atoms with Gasteiger partial charge in [0.1, 0.15) is 5.82 Å². The Morgan fingerprint density at radius 3 is 2.85 bits per heavy atom. The average molecular weight is 273 g/mol. The molecule has 0 aliphatic heterocycles. The summed E-state index contributed by atoms with van der Waals surface area (Å²) in [5.41, 5.74) is 6.97. The van der Waals surface area contributed by atoms with E-state index in [0.717, 1.165) is 5.56 Å². The number of phenolic OH excluding ortho intramolecular Hbond substituents is 1. The maximum Gasteiger partial charge on any atom is 0.260 e. The molecule has 0 bridgehead atoms. The van der Waals surface area contributed by atoms with Crippen molar-refractivity contribution in [2.45, 2.75) is 6.92 Å². The van der Waals surface area contributed by atoms with Gasteiger partial charge in [0.05, 0.1) is 24.6 Å².